The fraction of sp³-hybridized carbons (Fsp3) is 0.231. The van der Waals surface area contributed by atoms with Gasteiger partial charge in [-0.15, -0.1) is 11.3 Å². The molecule has 0 saturated carbocycles. The van der Waals surface area contributed by atoms with Crippen LogP contribution < -0.4 is 9.64 Å². The van der Waals surface area contributed by atoms with Crippen molar-refractivity contribution in [2.24, 2.45) is 0 Å². The predicted octanol–water partition coefficient (Wildman–Crippen LogP) is 5.43. The number of ether oxygens (including phenoxy) is 1. The number of anilines is 1. The van der Waals surface area contributed by atoms with Crippen molar-refractivity contribution in [2.75, 3.05) is 38.2 Å². The molecule has 2 aromatic heterocycles. The van der Waals surface area contributed by atoms with Gasteiger partial charge in [0.2, 0.25) is 0 Å². The zero-order valence-electron chi connectivity index (χ0n) is 18.4. The Kier molecular flexibility index (Phi) is 6.13. The van der Waals surface area contributed by atoms with Crippen molar-refractivity contribution in [3.8, 4) is 27.8 Å². The minimum absolute atomic E-state index is 0.0285. The van der Waals surface area contributed by atoms with Crippen LogP contribution in [-0.4, -0.2) is 49.1 Å². The summed E-state index contributed by atoms with van der Waals surface area (Å²) >= 11 is 1.40. The van der Waals surface area contributed by atoms with Gasteiger partial charge in [-0.05, 0) is 42.8 Å². The van der Waals surface area contributed by atoms with E-state index in [0.717, 1.165) is 41.5 Å². The molecule has 0 spiro atoms. The summed E-state index contributed by atoms with van der Waals surface area (Å²) in [6.45, 7) is 3.06. The molecular weight excluding hydrogens is 434 g/mol. The Morgan fingerprint density at radius 3 is 2.52 bits per heavy atom. The normalized spacial score (nSPS) is 14.2. The van der Waals surface area contributed by atoms with E-state index < -0.39 is 0 Å². The van der Waals surface area contributed by atoms with Crippen molar-refractivity contribution in [1.29, 1.82) is 0 Å². The third kappa shape index (κ3) is 4.50. The molecule has 1 saturated heterocycles. The molecule has 168 valence electrons. The van der Waals surface area contributed by atoms with E-state index in [0.29, 0.717) is 29.4 Å². The zero-order chi connectivity index (χ0) is 22.6. The van der Waals surface area contributed by atoms with E-state index in [1.54, 1.807) is 13.4 Å². The van der Waals surface area contributed by atoms with Crippen molar-refractivity contribution in [2.45, 2.75) is 6.42 Å². The molecule has 2 aromatic carbocycles. The molecule has 5 rings (SSSR count). The van der Waals surface area contributed by atoms with Crippen LogP contribution in [0.3, 0.4) is 0 Å². The van der Waals surface area contributed by atoms with Gasteiger partial charge < -0.3 is 19.0 Å². The highest BCUT2D eigenvalue weighted by molar-refractivity contribution is 7.17. The first-order valence-electron chi connectivity index (χ1n) is 11.0. The Morgan fingerprint density at radius 2 is 1.79 bits per heavy atom. The van der Waals surface area contributed by atoms with Crippen LogP contribution in [0.25, 0.3) is 22.0 Å². The first-order chi connectivity index (χ1) is 16.2. The standard InChI is InChI=1S/C26H25N3O3S/c1-31-21-12-10-20(11-13-21)28-14-6-15-29(17-16-28)26(30)24-23(19-7-3-2-4-8-19)27-25(33-24)22-9-5-18-32-22/h2-5,7-13,18H,6,14-17H2,1H3. The van der Waals surface area contributed by atoms with Crippen molar-refractivity contribution >= 4 is 22.9 Å². The fourth-order valence-electron chi connectivity index (χ4n) is 4.08. The van der Waals surface area contributed by atoms with E-state index in [4.69, 9.17) is 14.1 Å². The van der Waals surface area contributed by atoms with Crippen molar-refractivity contribution in [3.63, 3.8) is 0 Å². The van der Waals surface area contributed by atoms with E-state index in [1.165, 1.54) is 11.3 Å². The number of benzene rings is 2. The average molecular weight is 460 g/mol. The minimum Gasteiger partial charge on any atom is -0.497 e. The van der Waals surface area contributed by atoms with Crippen LogP contribution in [0.15, 0.2) is 77.4 Å². The summed E-state index contributed by atoms with van der Waals surface area (Å²) in [5, 5.41) is 0.719. The highest BCUT2D eigenvalue weighted by Crippen LogP contribution is 2.35. The molecule has 3 heterocycles. The molecule has 6 nitrogen and oxygen atoms in total. The quantitative estimate of drug-likeness (QED) is 0.398. The Labute approximate surface area is 197 Å². The third-order valence-electron chi connectivity index (χ3n) is 5.82. The number of carbonyl (C=O) groups is 1. The molecule has 1 aliphatic rings. The molecule has 0 unspecified atom stereocenters. The lowest BCUT2D eigenvalue weighted by Crippen LogP contribution is -2.35. The predicted molar refractivity (Wildman–Crippen MR) is 131 cm³/mol. The molecule has 1 amide bonds. The van der Waals surface area contributed by atoms with Gasteiger partial charge in [-0.25, -0.2) is 4.98 Å². The number of amides is 1. The molecule has 1 fully saturated rings. The summed E-state index contributed by atoms with van der Waals surface area (Å²) in [4.78, 5) is 23.4. The largest absolute Gasteiger partial charge is 0.497 e. The summed E-state index contributed by atoms with van der Waals surface area (Å²) in [5.74, 6) is 1.55. The number of hydrogen-bond acceptors (Lipinski definition) is 6. The summed E-state index contributed by atoms with van der Waals surface area (Å²) in [6.07, 6.45) is 2.53. The summed E-state index contributed by atoms with van der Waals surface area (Å²) < 4.78 is 10.8. The maximum absolute atomic E-state index is 13.7. The monoisotopic (exact) mass is 459 g/mol. The molecule has 4 aromatic rings. The van der Waals surface area contributed by atoms with Crippen LogP contribution in [0.1, 0.15) is 16.1 Å². The Bertz CT molecular complexity index is 1200. The first-order valence-corrected chi connectivity index (χ1v) is 11.8. The summed E-state index contributed by atoms with van der Waals surface area (Å²) in [6, 6.07) is 21.7. The molecule has 0 radical (unpaired) electrons. The first kappa shape index (κ1) is 21.3. The number of thiazole rings is 1. The van der Waals surface area contributed by atoms with Crippen LogP contribution in [0.2, 0.25) is 0 Å². The van der Waals surface area contributed by atoms with E-state index in [9.17, 15) is 4.79 Å². The molecule has 33 heavy (non-hydrogen) atoms. The molecular formula is C26H25N3O3S. The van der Waals surface area contributed by atoms with Crippen LogP contribution in [0.5, 0.6) is 5.75 Å². The van der Waals surface area contributed by atoms with Crippen molar-refractivity contribution in [1.82, 2.24) is 9.88 Å². The van der Waals surface area contributed by atoms with Gasteiger partial charge in [-0.3, -0.25) is 4.79 Å². The van der Waals surface area contributed by atoms with Gasteiger partial charge in [-0.2, -0.15) is 0 Å². The maximum atomic E-state index is 13.7. The molecule has 0 N–H and O–H groups in total. The van der Waals surface area contributed by atoms with E-state index in [-0.39, 0.29) is 5.91 Å². The van der Waals surface area contributed by atoms with Gasteiger partial charge in [0.05, 0.1) is 19.1 Å². The lowest BCUT2D eigenvalue weighted by Gasteiger charge is -2.24. The molecule has 0 bridgehead atoms. The van der Waals surface area contributed by atoms with Gasteiger partial charge in [0.15, 0.2) is 10.8 Å². The Morgan fingerprint density at radius 1 is 0.970 bits per heavy atom. The SMILES string of the molecule is COc1ccc(N2CCCN(C(=O)c3sc(-c4ccco4)nc3-c3ccccc3)CC2)cc1. The number of aromatic nitrogens is 1. The topological polar surface area (TPSA) is 58.8 Å². The number of nitrogens with zero attached hydrogens (tertiary/aromatic N) is 3. The minimum atomic E-state index is 0.0285. The molecule has 0 aliphatic carbocycles. The van der Waals surface area contributed by atoms with Crippen molar-refractivity contribution in [3.05, 3.63) is 77.9 Å². The maximum Gasteiger partial charge on any atom is 0.266 e. The van der Waals surface area contributed by atoms with Gasteiger partial charge in [0.1, 0.15) is 10.6 Å². The lowest BCUT2D eigenvalue weighted by atomic mass is 10.1. The average Bonchev–Trinajstić information content (AvgIpc) is 3.49. The van der Waals surface area contributed by atoms with Gasteiger partial charge in [-0.1, -0.05) is 30.3 Å². The van der Waals surface area contributed by atoms with Crippen LogP contribution in [0.4, 0.5) is 5.69 Å². The molecule has 1 aliphatic heterocycles. The second-order valence-electron chi connectivity index (χ2n) is 7.87. The number of furan rings is 1. The molecule has 7 heteroatoms. The highest BCUT2D eigenvalue weighted by atomic mass is 32.1. The highest BCUT2D eigenvalue weighted by Gasteiger charge is 2.27. The summed E-state index contributed by atoms with van der Waals surface area (Å²) in [5.41, 5.74) is 2.80. The lowest BCUT2D eigenvalue weighted by molar-refractivity contribution is 0.0772. The fourth-order valence-corrected chi connectivity index (χ4v) is 5.10. The van der Waals surface area contributed by atoms with E-state index in [2.05, 4.69) is 17.0 Å². The van der Waals surface area contributed by atoms with Crippen LogP contribution >= 0.6 is 11.3 Å². The smallest absolute Gasteiger partial charge is 0.266 e. The van der Waals surface area contributed by atoms with Gasteiger partial charge in [0.25, 0.3) is 5.91 Å². The second kappa shape index (κ2) is 9.50. The Balaban J connectivity index is 1.39. The van der Waals surface area contributed by atoms with Crippen LogP contribution in [0, 0.1) is 0 Å². The number of rotatable bonds is 5. The van der Waals surface area contributed by atoms with Gasteiger partial charge in [0, 0.05) is 37.4 Å². The van der Waals surface area contributed by atoms with Gasteiger partial charge >= 0.3 is 0 Å². The number of methoxy groups -OCH3 is 1. The van der Waals surface area contributed by atoms with E-state index in [1.807, 2.05) is 59.5 Å². The molecule has 0 atom stereocenters. The Hall–Kier alpha value is -3.58. The summed E-state index contributed by atoms with van der Waals surface area (Å²) in [7, 11) is 1.67. The van der Waals surface area contributed by atoms with E-state index >= 15 is 0 Å². The second-order valence-corrected chi connectivity index (χ2v) is 8.87. The number of carbonyl (C=O) groups excluding carboxylic acids is 1. The zero-order valence-corrected chi connectivity index (χ0v) is 19.3. The number of hydrogen-bond donors (Lipinski definition) is 0. The van der Waals surface area contributed by atoms with Crippen molar-refractivity contribution < 1.29 is 13.9 Å². The van der Waals surface area contributed by atoms with Crippen LogP contribution in [-0.2, 0) is 0 Å². The third-order valence-corrected chi connectivity index (χ3v) is 6.88.